The lowest BCUT2D eigenvalue weighted by Crippen LogP contribution is -2.41. The summed E-state index contributed by atoms with van der Waals surface area (Å²) in [7, 11) is 0. The molecule has 1 unspecified atom stereocenters. The number of amides is 1. The van der Waals surface area contributed by atoms with E-state index in [-0.39, 0.29) is 29.8 Å². The molecule has 0 radical (unpaired) electrons. The molecule has 6 nitrogen and oxygen atoms in total. The second-order valence-electron chi connectivity index (χ2n) is 6.30. The summed E-state index contributed by atoms with van der Waals surface area (Å²) in [6.07, 6.45) is 1.17. The highest BCUT2D eigenvalue weighted by Crippen LogP contribution is 2.25. The van der Waals surface area contributed by atoms with Crippen LogP contribution in [0.25, 0.3) is 0 Å². The summed E-state index contributed by atoms with van der Waals surface area (Å²) in [4.78, 5) is 28.8. The molecular weight excluding hydrogens is 408 g/mol. The van der Waals surface area contributed by atoms with E-state index in [0.29, 0.717) is 36.0 Å². The molecule has 0 aliphatic carbocycles. The van der Waals surface area contributed by atoms with Crippen molar-refractivity contribution in [2.24, 2.45) is 0 Å². The van der Waals surface area contributed by atoms with Gasteiger partial charge in [0.05, 0.1) is 0 Å². The predicted molar refractivity (Wildman–Crippen MR) is 103 cm³/mol. The van der Waals surface area contributed by atoms with Crippen LogP contribution in [0.2, 0.25) is 0 Å². The van der Waals surface area contributed by atoms with Crippen LogP contribution in [0.15, 0.2) is 27.9 Å². The van der Waals surface area contributed by atoms with Gasteiger partial charge in [-0.2, -0.15) is 0 Å². The zero-order valence-electron chi connectivity index (χ0n) is 14.9. The van der Waals surface area contributed by atoms with Gasteiger partial charge in [-0.25, -0.2) is 18.6 Å². The molecular formula is C18H19F2N3O3S2. The van der Waals surface area contributed by atoms with Crippen LogP contribution in [0.3, 0.4) is 0 Å². The van der Waals surface area contributed by atoms with Gasteiger partial charge in [0, 0.05) is 48.8 Å². The predicted octanol–water partition coefficient (Wildman–Crippen LogP) is 2.99. The molecule has 1 atom stereocenters. The number of nitrogens with zero attached hydrogens (tertiary/aromatic N) is 2. The summed E-state index contributed by atoms with van der Waals surface area (Å²) >= 11 is 2.68. The van der Waals surface area contributed by atoms with Crippen molar-refractivity contribution in [3.63, 3.8) is 0 Å². The lowest BCUT2D eigenvalue weighted by atomic mass is 10.2. The van der Waals surface area contributed by atoms with Gasteiger partial charge >= 0.3 is 5.97 Å². The van der Waals surface area contributed by atoms with Crippen LogP contribution in [0.4, 0.5) is 8.78 Å². The number of carboxylic acids is 1. The van der Waals surface area contributed by atoms with E-state index in [9.17, 15) is 18.4 Å². The molecule has 0 bridgehead atoms. The number of halogens is 2. The summed E-state index contributed by atoms with van der Waals surface area (Å²) in [6.45, 7) is 1.20. The second kappa shape index (κ2) is 9.44. The number of carbonyl (C=O) groups excluding carboxylic acids is 1. The molecule has 0 spiro atoms. The topological polar surface area (TPSA) is 82.5 Å². The molecule has 2 aromatic rings. The molecule has 1 aromatic carbocycles. The second-order valence-corrected chi connectivity index (χ2v) is 8.50. The summed E-state index contributed by atoms with van der Waals surface area (Å²) < 4.78 is 27.6. The van der Waals surface area contributed by atoms with Crippen LogP contribution in [-0.2, 0) is 11.3 Å². The zero-order chi connectivity index (χ0) is 20.1. The number of thiazole rings is 1. The Balaban J connectivity index is 1.47. The van der Waals surface area contributed by atoms with Crippen LogP contribution in [-0.4, -0.2) is 51.8 Å². The standard InChI is InChI=1S/C18H19F2N3O3S2/c19-12-1-3-14(20)11(7-12)8-21-9-13-2-4-16(24)23(13)5-6-27-18-22-15(10-28-18)17(25)26/h1,3,7,10,13,21H,2,4-6,8-9H2,(H,25,26). The number of aromatic carboxylic acids is 1. The number of likely N-dealkylation sites (tertiary alicyclic amines) is 1. The van der Waals surface area contributed by atoms with Crippen molar-refractivity contribution >= 4 is 35.0 Å². The van der Waals surface area contributed by atoms with E-state index in [1.165, 1.54) is 28.5 Å². The number of rotatable bonds is 9. The third-order valence-electron chi connectivity index (χ3n) is 4.42. The Bertz CT molecular complexity index is 862. The average Bonchev–Trinajstić information content (AvgIpc) is 3.26. The third kappa shape index (κ3) is 5.27. The van der Waals surface area contributed by atoms with Crippen molar-refractivity contribution in [3.05, 3.63) is 46.5 Å². The fraction of sp³-hybridized carbons (Fsp3) is 0.389. The smallest absolute Gasteiger partial charge is 0.355 e. The number of aromatic nitrogens is 1. The fourth-order valence-corrected chi connectivity index (χ4v) is 4.83. The van der Waals surface area contributed by atoms with Crippen molar-refractivity contribution in [1.29, 1.82) is 0 Å². The maximum atomic E-state index is 13.7. The molecule has 1 aliphatic rings. The van der Waals surface area contributed by atoms with E-state index < -0.39 is 17.6 Å². The Morgan fingerprint density at radius 3 is 3.00 bits per heavy atom. The molecule has 2 N–H and O–H groups in total. The fourth-order valence-electron chi connectivity index (χ4n) is 3.02. The third-order valence-corrected chi connectivity index (χ3v) is 6.42. The van der Waals surface area contributed by atoms with Gasteiger partial charge in [0.1, 0.15) is 11.6 Å². The van der Waals surface area contributed by atoms with E-state index in [4.69, 9.17) is 5.11 Å². The highest BCUT2D eigenvalue weighted by atomic mass is 32.2. The van der Waals surface area contributed by atoms with Crippen molar-refractivity contribution < 1.29 is 23.5 Å². The highest BCUT2D eigenvalue weighted by Gasteiger charge is 2.30. The minimum absolute atomic E-state index is 0.00408. The Morgan fingerprint density at radius 2 is 2.25 bits per heavy atom. The number of thioether (sulfide) groups is 1. The van der Waals surface area contributed by atoms with E-state index in [1.54, 1.807) is 4.90 Å². The molecule has 10 heteroatoms. The highest BCUT2D eigenvalue weighted by molar-refractivity contribution is 8.01. The monoisotopic (exact) mass is 427 g/mol. The first-order valence-corrected chi connectivity index (χ1v) is 10.6. The quantitative estimate of drug-likeness (QED) is 0.599. The maximum absolute atomic E-state index is 13.7. The number of benzene rings is 1. The van der Waals surface area contributed by atoms with Gasteiger partial charge < -0.3 is 15.3 Å². The number of hydrogen-bond donors (Lipinski definition) is 2. The first-order chi connectivity index (χ1) is 13.4. The van der Waals surface area contributed by atoms with E-state index in [1.807, 2.05) is 0 Å². The SMILES string of the molecule is O=C(O)c1csc(SCCN2C(=O)CCC2CNCc2cc(F)ccc2F)n1. The van der Waals surface area contributed by atoms with Gasteiger partial charge in [0.25, 0.3) is 0 Å². The summed E-state index contributed by atoms with van der Waals surface area (Å²) in [5.41, 5.74) is 0.279. The molecule has 1 amide bonds. The molecule has 1 saturated heterocycles. The van der Waals surface area contributed by atoms with Crippen LogP contribution in [0.5, 0.6) is 0 Å². The molecule has 150 valence electrons. The average molecular weight is 427 g/mol. The number of nitrogens with one attached hydrogen (secondary N) is 1. The number of hydrogen-bond acceptors (Lipinski definition) is 6. The normalized spacial score (nSPS) is 16.7. The lowest BCUT2D eigenvalue weighted by Gasteiger charge is -2.25. The lowest BCUT2D eigenvalue weighted by molar-refractivity contribution is -0.128. The minimum Gasteiger partial charge on any atom is -0.476 e. The largest absolute Gasteiger partial charge is 0.476 e. The van der Waals surface area contributed by atoms with Crippen LogP contribution in [0.1, 0.15) is 28.9 Å². The summed E-state index contributed by atoms with van der Waals surface area (Å²) in [6, 6.07) is 3.34. The van der Waals surface area contributed by atoms with Gasteiger partial charge in [0.2, 0.25) is 5.91 Å². The van der Waals surface area contributed by atoms with Crippen molar-refractivity contribution in [2.75, 3.05) is 18.8 Å². The minimum atomic E-state index is -1.06. The van der Waals surface area contributed by atoms with Gasteiger partial charge in [-0.1, -0.05) is 11.8 Å². The van der Waals surface area contributed by atoms with Gasteiger partial charge in [-0.15, -0.1) is 11.3 Å². The number of carbonyl (C=O) groups is 2. The summed E-state index contributed by atoms with van der Waals surface area (Å²) in [5.74, 6) is -1.34. The number of carboxylic acid groups (broad SMARTS) is 1. The zero-order valence-corrected chi connectivity index (χ0v) is 16.5. The molecule has 2 heterocycles. The Labute approximate surface area is 169 Å². The van der Waals surface area contributed by atoms with Gasteiger partial charge in [-0.05, 0) is 24.6 Å². The maximum Gasteiger partial charge on any atom is 0.355 e. The molecule has 0 saturated carbocycles. The Kier molecular flexibility index (Phi) is 6.97. The van der Waals surface area contributed by atoms with Crippen molar-refractivity contribution in [3.8, 4) is 0 Å². The molecule has 1 fully saturated rings. The van der Waals surface area contributed by atoms with Gasteiger partial charge in [-0.3, -0.25) is 4.79 Å². The van der Waals surface area contributed by atoms with Crippen LogP contribution in [0, 0.1) is 11.6 Å². The Morgan fingerprint density at radius 1 is 1.43 bits per heavy atom. The van der Waals surface area contributed by atoms with Crippen LogP contribution < -0.4 is 5.32 Å². The van der Waals surface area contributed by atoms with E-state index in [2.05, 4.69) is 10.3 Å². The first-order valence-electron chi connectivity index (χ1n) is 8.70. The van der Waals surface area contributed by atoms with Gasteiger partial charge in [0.15, 0.2) is 10.0 Å². The first kappa shape index (κ1) is 20.7. The van der Waals surface area contributed by atoms with Crippen LogP contribution >= 0.6 is 23.1 Å². The summed E-state index contributed by atoms with van der Waals surface area (Å²) in [5, 5.41) is 13.5. The van der Waals surface area contributed by atoms with Crippen molar-refractivity contribution in [2.45, 2.75) is 29.8 Å². The van der Waals surface area contributed by atoms with E-state index in [0.717, 1.165) is 18.2 Å². The molecule has 1 aliphatic heterocycles. The molecule has 3 rings (SSSR count). The van der Waals surface area contributed by atoms with Crippen molar-refractivity contribution in [1.82, 2.24) is 15.2 Å². The van der Waals surface area contributed by atoms with E-state index >= 15 is 0 Å². The molecule has 1 aromatic heterocycles. The molecule has 28 heavy (non-hydrogen) atoms. The Hall–Kier alpha value is -2.04.